The number of carbonyl (C=O) groups is 1. The van der Waals surface area contributed by atoms with E-state index < -0.39 is 0 Å². The predicted octanol–water partition coefficient (Wildman–Crippen LogP) is 3.74. The number of benzene rings is 1. The second-order valence-corrected chi connectivity index (χ2v) is 6.95. The quantitative estimate of drug-likeness (QED) is 0.736. The van der Waals surface area contributed by atoms with Crippen molar-refractivity contribution in [2.45, 2.75) is 19.4 Å². The molecule has 2 aliphatic heterocycles. The van der Waals surface area contributed by atoms with Crippen LogP contribution in [0.15, 0.2) is 24.0 Å². The molecule has 2 amide bonds. The molecule has 1 aromatic heterocycles. The van der Waals surface area contributed by atoms with Crippen molar-refractivity contribution in [1.82, 2.24) is 20.1 Å². The maximum Gasteiger partial charge on any atom is 0.326 e. The third kappa shape index (κ3) is 2.43. The zero-order valence-corrected chi connectivity index (χ0v) is 14.9. The van der Waals surface area contributed by atoms with Crippen molar-refractivity contribution in [3.05, 3.63) is 45.3 Å². The van der Waals surface area contributed by atoms with E-state index in [-0.39, 0.29) is 12.1 Å². The summed E-state index contributed by atoms with van der Waals surface area (Å²) in [5.41, 5.74) is 3.37. The zero-order valence-electron chi connectivity index (χ0n) is 13.4. The molecular weight excluding hydrogens is 361 g/mol. The van der Waals surface area contributed by atoms with Gasteiger partial charge in [0.2, 0.25) is 0 Å². The molecule has 0 unspecified atom stereocenters. The molecule has 0 bridgehead atoms. The third-order valence-electron chi connectivity index (χ3n) is 4.81. The molecule has 4 rings (SSSR count). The number of nitriles is 1. The van der Waals surface area contributed by atoms with Crippen molar-refractivity contribution in [3.8, 4) is 6.07 Å². The molecule has 0 saturated carbocycles. The number of nitrogens with zero attached hydrogens (tertiary/aromatic N) is 3. The molecule has 8 heteroatoms. The van der Waals surface area contributed by atoms with Gasteiger partial charge in [0, 0.05) is 35.8 Å². The Kier molecular flexibility index (Phi) is 3.78. The maximum absolute atomic E-state index is 12.9. The summed E-state index contributed by atoms with van der Waals surface area (Å²) < 4.78 is 0. The SMILES string of the molecule is C[C@@H]1c2c([nH]c3c(Cl)c(Cl)ccc23)CCN1C(=O)N1C=C(C#N)NC1. The van der Waals surface area contributed by atoms with Crippen molar-refractivity contribution in [2.75, 3.05) is 13.2 Å². The van der Waals surface area contributed by atoms with Crippen molar-refractivity contribution >= 4 is 40.1 Å². The molecule has 25 heavy (non-hydrogen) atoms. The summed E-state index contributed by atoms with van der Waals surface area (Å²) in [4.78, 5) is 19.6. The first-order chi connectivity index (χ1) is 12.0. The highest BCUT2D eigenvalue weighted by atomic mass is 35.5. The Bertz CT molecular complexity index is 958. The van der Waals surface area contributed by atoms with Gasteiger partial charge >= 0.3 is 6.03 Å². The first kappa shape index (κ1) is 16.1. The van der Waals surface area contributed by atoms with E-state index in [2.05, 4.69) is 10.3 Å². The lowest BCUT2D eigenvalue weighted by Gasteiger charge is -2.35. The molecule has 0 aliphatic carbocycles. The Hall–Kier alpha value is -2.36. The van der Waals surface area contributed by atoms with Crippen molar-refractivity contribution in [3.63, 3.8) is 0 Å². The number of H-pyrrole nitrogens is 1. The fourth-order valence-corrected chi connectivity index (χ4v) is 3.94. The largest absolute Gasteiger partial charge is 0.357 e. The van der Waals surface area contributed by atoms with E-state index in [4.69, 9.17) is 28.5 Å². The van der Waals surface area contributed by atoms with E-state index in [1.165, 1.54) is 4.90 Å². The van der Waals surface area contributed by atoms with Crippen LogP contribution in [0.1, 0.15) is 24.2 Å². The van der Waals surface area contributed by atoms with E-state index in [0.717, 1.165) is 22.2 Å². The lowest BCUT2D eigenvalue weighted by Crippen LogP contribution is -2.45. The number of rotatable bonds is 0. The highest BCUT2D eigenvalue weighted by Gasteiger charge is 2.34. The molecule has 2 aliphatic rings. The Balaban J connectivity index is 1.71. The number of amides is 2. The van der Waals surface area contributed by atoms with E-state index in [9.17, 15) is 4.79 Å². The van der Waals surface area contributed by atoms with Crippen LogP contribution in [0.2, 0.25) is 10.0 Å². The lowest BCUT2D eigenvalue weighted by molar-refractivity contribution is 0.149. The summed E-state index contributed by atoms with van der Waals surface area (Å²) in [7, 11) is 0. The lowest BCUT2D eigenvalue weighted by atomic mass is 9.97. The van der Waals surface area contributed by atoms with E-state index >= 15 is 0 Å². The van der Waals surface area contributed by atoms with Crippen LogP contribution in [0.25, 0.3) is 10.9 Å². The van der Waals surface area contributed by atoms with Gasteiger partial charge in [-0.2, -0.15) is 5.26 Å². The molecule has 128 valence electrons. The van der Waals surface area contributed by atoms with Crippen molar-refractivity contribution in [2.24, 2.45) is 0 Å². The van der Waals surface area contributed by atoms with Gasteiger partial charge in [0.15, 0.2) is 0 Å². The smallest absolute Gasteiger partial charge is 0.326 e. The van der Waals surface area contributed by atoms with Crippen molar-refractivity contribution in [1.29, 1.82) is 5.26 Å². The number of hydrogen-bond acceptors (Lipinski definition) is 3. The van der Waals surface area contributed by atoms with Gasteiger partial charge in [-0.3, -0.25) is 4.90 Å². The number of hydrogen-bond donors (Lipinski definition) is 2. The molecule has 2 N–H and O–H groups in total. The first-order valence-electron chi connectivity index (χ1n) is 7.92. The second-order valence-electron chi connectivity index (χ2n) is 6.16. The molecule has 1 aromatic carbocycles. The van der Waals surface area contributed by atoms with E-state index in [1.807, 2.05) is 24.0 Å². The van der Waals surface area contributed by atoms with Crippen LogP contribution in [0, 0.1) is 11.3 Å². The van der Waals surface area contributed by atoms with Crippen LogP contribution in [-0.2, 0) is 6.42 Å². The summed E-state index contributed by atoms with van der Waals surface area (Å²) in [5, 5.41) is 13.8. The highest BCUT2D eigenvalue weighted by molar-refractivity contribution is 6.45. The van der Waals surface area contributed by atoms with Crippen molar-refractivity contribution < 1.29 is 4.79 Å². The molecule has 0 saturated heterocycles. The number of urea groups is 1. The Morgan fingerprint density at radius 3 is 2.92 bits per heavy atom. The highest BCUT2D eigenvalue weighted by Crippen LogP contribution is 2.40. The number of nitrogens with one attached hydrogen (secondary N) is 2. The number of aromatic amines is 1. The molecule has 0 radical (unpaired) electrons. The van der Waals surface area contributed by atoms with Gasteiger partial charge in [0.05, 0.1) is 28.3 Å². The molecule has 3 heterocycles. The van der Waals surface area contributed by atoms with Crippen LogP contribution >= 0.6 is 23.2 Å². The average Bonchev–Trinajstić information content (AvgIpc) is 3.23. The van der Waals surface area contributed by atoms with Gasteiger partial charge in [-0.25, -0.2) is 4.79 Å². The van der Waals surface area contributed by atoms with E-state index in [0.29, 0.717) is 35.4 Å². The summed E-state index contributed by atoms with van der Waals surface area (Å²) in [6, 6.07) is 5.50. The monoisotopic (exact) mass is 375 g/mol. The van der Waals surface area contributed by atoms with Crippen LogP contribution in [-0.4, -0.2) is 34.0 Å². The number of fused-ring (bicyclic) bond motifs is 3. The molecule has 0 fully saturated rings. The number of aromatic nitrogens is 1. The van der Waals surface area contributed by atoms with Gasteiger partial charge in [0.1, 0.15) is 11.8 Å². The minimum absolute atomic E-state index is 0.109. The van der Waals surface area contributed by atoms with Crippen LogP contribution in [0.4, 0.5) is 4.79 Å². The minimum Gasteiger partial charge on any atom is -0.357 e. The second kappa shape index (κ2) is 5.87. The molecule has 6 nitrogen and oxygen atoms in total. The first-order valence-corrected chi connectivity index (χ1v) is 8.68. The summed E-state index contributed by atoms with van der Waals surface area (Å²) in [6.07, 6.45) is 2.26. The Morgan fingerprint density at radius 1 is 1.40 bits per heavy atom. The van der Waals surface area contributed by atoms with Gasteiger partial charge in [-0.15, -0.1) is 0 Å². The van der Waals surface area contributed by atoms with Gasteiger partial charge < -0.3 is 15.2 Å². The zero-order chi connectivity index (χ0) is 17.7. The maximum atomic E-state index is 12.9. The molecule has 1 atom stereocenters. The summed E-state index contributed by atoms with van der Waals surface area (Å²) in [5.74, 6) is 0. The number of allylic oxidation sites excluding steroid dienone is 1. The molecule has 0 spiro atoms. The fourth-order valence-electron chi connectivity index (χ4n) is 3.57. The Morgan fingerprint density at radius 2 is 2.20 bits per heavy atom. The van der Waals surface area contributed by atoms with Gasteiger partial charge in [-0.1, -0.05) is 29.3 Å². The Labute approximate surface area is 154 Å². The fraction of sp³-hybridized carbons (Fsp3) is 0.294. The number of halogens is 2. The normalized spacial score (nSPS) is 19.4. The van der Waals surface area contributed by atoms with Gasteiger partial charge in [0.25, 0.3) is 0 Å². The third-order valence-corrected chi connectivity index (χ3v) is 5.61. The van der Waals surface area contributed by atoms with Crippen LogP contribution < -0.4 is 5.32 Å². The van der Waals surface area contributed by atoms with Crippen LogP contribution in [0.5, 0.6) is 0 Å². The molecule has 2 aromatic rings. The average molecular weight is 376 g/mol. The van der Waals surface area contributed by atoms with Crippen LogP contribution in [0.3, 0.4) is 0 Å². The summed E-state index contributed by atoms with van der Waals surface area (Å²) in [6.45, 7) is 2.91. The number of carbonyl (C=O) groups excluding carboxylic acids is 1. The predicted molar refractivity (Wildman–Crippen MR) is 96.1 cm³/mol. The van der Waals surface area contributed by atoms with E-state index in [1.54, 1.807) is 12.3 Å². The molecular formula is C17H15Cl2N5O. The summed E-state index contributed by atoms with van der Waals surface area (Å²) >= 11 is 12.4. The topological polar surface area (TPSA) is 75.2 Å². The minimum atomic E-state index is -0.120. The van der Waals surface area contributed by atoms with Gasteiger partial charge in [-0.05, 0) is 13.0 Å². The standard InChI is InChI=1S/C17H15Cl2N5O/c1-9-14-11-2-3-12(18)15(19)16(11)22-13(14)4-5-24(9)17(25)23-7-10(6-20)21-8-23/h2-3,7,9,21-22H,4-5,8H2,1H3/t9-/m1/s1.